The lowest BCUT2D eigenvalue weighted by Crippen LogP contribution is -2.25. The Morgan fingerprint density at radius 3 is 2.75 bits per heavy atom. The summed E-state index contributed by atoms with van der Waals surface area (Å²) in [6, 6.07) is 4.68. The minimum Gasteiger partial charge on any atom is -0.345 e. The Morgan fingerprint density at radius 2 is 2.15 bits per heavy atom. The largest absolute Gasteiger partial charge is 0.345 e. The standard InChI is InChI=1S/C15H17FN2O2/c1-18-8-10(6-14(18)19)15(20)17-11-4-5-13(16)12(7-11)9-2-3-9/h4-5,7,9-10H,2-3,6,8H2,1H3,(H,17,20). The van der Waals surface area contributed by atoms with Gasteiger partial charge < -0.3 is 10.2 Å². The van der Waals surface area contributed by atoms with Crippen LogP contribution in [0.2, 0.25) is 0 Å². The molecule has 1 heterocycles. The molecule has 106 valence electrons. The first-order valence-corrected chi connectivity index (χ1v) is 6.89. The number of rotatable bonds is 3. The van der Waals surface area contributed by atoms with Crippen molar-refractivity contribution in [3.05, 3.63) is 29.6 Å². The number of nitrogens with zero attached hydrogens (tertiary/aromatic N) is 1. The highest BCUT2D eigenvalue weighted by atomic mass is 19.1. The molecule has 1 aliphatic heterocycles. The average Bonchev–Trinajstić information content (AvgIpc) is 3.19. The molecular weight excluding hydrogens is 259 g/mol. The second-order valence-corrected chi connectivity index (χ2v) is 5.68. The van der Waals surface area contributed by atoms with E-state index in [-0.39, 0.29) is 30.0 Å². The van der Waals surface area contributed by atoms with Gasteiger partial charge in [-0.05, 0) is 42.5 Å². The minimum absolute atomic E-state index is 0.0112. The van der Waals surface area contributed by atoms with Gasteiger partial charge >= 0.3 is 0 Å². The molecule has 0 spiro atoms. The van der Waals surface area contributed by atoms with E-state index in [9.17, 15) is 14.0 Å². The molecule has 1 N–H and O–H groups in total. The maximum absolute atomic E-state index is 13.6. The fourth-order valence-corrected chi connectivity index (χ4v) is 2.61. The van der Waals surface area contributed by atoms with Crippen molar-refractivity contribution in [1.82, 2.24) is 4.90 Å². The molecule has 2 amide bonds. The van der Waals surface area contributed by atoms with Gasteiger partial charge in [0.05, 0.1) is 5.92 Å². The molecule has 1 saturated carbocycles. The molecule has 0 aromatic heterocycles. The van der Waals surface area contributed by atoms with Crippen molar-refractivity contribution in [1.29, 1.82) is 0 Å². The van der Waals surface area contributed by atoms with Gasteiger partial charge in [0.2, 0.25) is 11.8 Å². The summed E-state index contributed by atoms with van der Waals surface area (Å²) in [7, 11) is 1.69. The Morgan fingerprint density at radius 1 is 1.40 bits per heavy atom. The van der Waals surface area contributed by atoms with Crippen molar-refractivity contribution < 1.29 is 14.0 Å². The second kappa shape index (κ2) is 4.89. The molecule has 0 bridgehead atoms. The Kier molecular flexibility index (Phi) is 3.20. The third kappa shape index (κ3) is 2.53. The van der Waals surface area contributed by atoms with Gasteiger partial charge in [-0.3, -0.25) is 9.59 Å². The maximum atomic E-state index is 13.6. The van der Waals surface area contributed by atoms with Gasteiger partial charge in [0.15, 0.2) is 0 Å². The number of carbonyl (C=O) groups excluding carboxylic acids is 2. The van der Waals surface area contributed by atoms with E-state index in [2.05, 4.69) is 5.32 Å². The van der Waals surface area contributed by atoms with Gasteiger partial charge in [-0.15, -0.1) is 0 Å². The zero-order valence-corrected chi connectivity index (χ0v) is 11.4. The van der Waals surface area contributed by atoms with Gasteiger partial charge in [0.1, 0.15) is 5.82 Å². The van der Waals surface area contributed by atoms with Crippen LogP contribution >= 0.6 is 0 Å². The monoisotopic (exact) mass is 276 g/mol. The lowest BCUT2D eigenvalue weighted by atomic mass is 10.1. The summed E-state index contributed by atoms with van der Waals surface area (Å²) in [4.78, 5) is 25.1. The van der Waals surface area contributed by atoms with Gasteiger partial charge in [0, 0.05) is 25.7 Å². The van der Waals surface area contributed by atoms with Crippen molar-refractivity contribution in [2.75, 3.05) is 18.9 Å². The summed E-state index contributed by atoms with van der Waals surface area (Å²) in [5.74, 6) is -0.409. The second-order valence-electron chi connectivity index (χ2n) is 5.68. The van der Waals surface area contributed by atoms with Crippen LogP contribution in [-0.4, -0.2) is 30.3 Å². The highest BCUT2D eigenvalue weighted by molar-refractivity contribution is 5.97. The first kappa shape index (κ1) is 13.1. The van der Waals surface area contributed by atoms with Crippen molar-refractivity contribution in [2.45, 2.75) is 25.2 Å². The van der Waals surface area contributed by atoms with Crippen LogP contribution in [0, 0.1) is 11.7 Å². The zero-order valence-electron chi connectivity index (χ0n) is 11.4. The maximum Gasteiger partial charge on any atom is 0.229 e. The van der Waals surface area contributed by atoms with Crippen molar-refractivity contribution >= 4 is 17.5 Å². The molecule has 20 heavy (non-hydrogen) atoms. The fourth-order valence-electron chi connectivity index (χ4n) is 2.61. The molecule has 4 nitrogen and oxygen atoms in total. The topological polar surface area (TPSA) is 49.4 Å². The normalized spacial score (nSPS) is 22.2. The summed E-state index contributed by atoms with van der Waals surface area (Å²) in [5, 5.41) is 2.79. The molecule has 1 unspecified atom stereocenters. The third-order valence-corrected chi connectivity index (χ3v) is 3.99. The van der Waals surface area contributed by atoms with E-state index in [0.29, 0.717) is 23.7 Å². The lowest BCUT2D eigenvalue weighted by molar-refractivity contribution is -0.127. The number of benzene rings is 1. The molecule has 1 aliphatic carbocycles. The number of nitrogens with one attached hydrogen (secondary N) is 1. The molecule has 1 aromatic rings. The number of hydrogen-bond donors (Lipinski definition) is 1. The highest BCUT2D eigenvalue weighted by Crippen LogP contribution is 2.42. The number of anilines is 1. The van der Waals surface area contributed by atoms with E-state index >= 15 is 0 Å². The van der Waals surface area contributed by atoms with Crippen molar-refractivity contribution in [2.24, 2.45) is 5.92 Å². The Labute approximate surface area is 117 Å². The molecule has 0 radical (unpaired) electrons. The summed E-state index contributed by atoms with van der Waals surface area (Å²) in [6.07, 6.45) is 2.27. The number of carbonyl (C=O) groups is 2. The summed E-state index contributed by atoms with van der Waals surface area (Å²) >= 11 is 0. The van der Waals surface area contributed by atoms with E-state index in [0.717, 1.165) is 12.8 Å². The SMILES string of the molecule is CN1CC(C(=O)Nc2ccc(F)c(C3CC3)c2)CC1=O. The summed E-state index contributed by atoms with van der Waals surface area (Å²) in [5.41, 5.74) is 1.29. The van der Waals surface area contributed by atoms with Crippen LogP contribution in [-0.2, 0) is 9.59 Å². The van der Waals surface area contributed by atoms with E-state index < -0.39 is 0 Å². The van der Waals surface area contributed by atoms with Gasteiger partial charge in [0.25, 0.3) is 0 Å². The Bertz CT molecular complexity index is 569. The average molecular weight is 276 g/mol. The van der Waals surface area contributed by atoms with E-state index in [1.807, 2.05) is 0 Å². The van der Waals surface area contributed by atoms with Gasteiger partial charge in [-0.2, -0.15) is 0 Å². The molecule has 2 fully saturated rings. The van der Waals surface area contributed by atoms with Crippen LogP contribution in [0.3, 0.4) is 0 Å². The van der Waals surface area contributed by atoms with Crippen LogP contribution in [0.15, 0.2) is 18.2 Å². The van der Waals surface area contributed by atoms with E-state index in [4.69, 9.17) is 0 Å². The highest BCUT2D eigenvalue weighted by Gasteiger charge is 2.32. The first-order chi connectivity index (χ1) is 9.54. The summed E-state index contributed by atoms with van der Waals surface area (Å²) < 4.78 is 13.6. The number of likely N-dealkylation sites (tertiary alicyclic amines) is 1. The van der Waals surface area contributed by atoms with Crippen LogP contribution in [0.1, 0.15) is 30.7 Å². The van der Waals surface area contributed by atoms with E-state index in [1.165, 1.54) is 6.07 Å². The van der Waals surface area contributed by atoms with Crippen LogP contribution in [0.25, 0.3) is 0 Å². The fraction of sp³-hybridized carbons (Fsp3) is 0.467. The third-order valence-electron chi connectivity index (χ3n) is 3.99. The van der Waals surface area contributed by atoms with E-state index in [1.54, 1.807) is 24.1 Å². The first-order valence-electron chi connectivity index (χ1n) is 6.89. The zero-order chi connectivity index (χ0) is 14.3. The Balaban J connectivity index is 1.70. The summed E-state index contributed by atoms with van der Waals surface area (Å²) in [6.45, 7) is 0.446. The van der Waals surface area contributed by atoms with Crippen molar-refractivity contribution in [3.8, 4) is 0 Å². The molecule has 2 aliphatic rings. The van der Waals surface area contributed by atoms with Gasteiger partial charge in [-0.25, -0.2) is 4.39 Å². The minimum atomic E-state index is -0.318. The number of amides is 2. The van der Waals surface area contributed by atoms with Gasteiger partial charge in [-0.1, -0.05) is 0 Å². The number of hydrogen-bond acceptors (Lipinski definition) is 2. The quantitative estimate of drug-likeness (QED) is 0.919. The van der Waals surface area contributed by atoms with Crippen LogP contribution in [0.5, 0.6) is 0 Å². The predicted molar refractivity (Wildman–Crippen MR) is 72.7 cm³/mol. The molecular formula is C15H17FN2O2. The van der Waals surface area contributed by atoms with Crippen LogP contribution in [0.4, 0.5) is 10.1 Å². The smallest absolute Gasteiger partial charge is 0.229 e. The van der Waals surface area contributed by atoms with Crippen molar-refractivity contribution in [3.63, 3.8) is 0 Å². The lowest BCUT2D eigenvalue weighted by Gasteiger charge is -2.12. The molecule has 5 heteroatoms. The predicted octanol–water partition coefficient (Wildman–Crippen LogP) is 2.12. The molecule has 3 rings (SSSR count). The Hall–Kier alpha value is -1.91. The van der Waals surface area contributed by atoms with Crippen LogP contribution < -0.4 is 5.32 Å². The molecule has 1 aromatic carbocycles. The molecule has 1 atom stereocenters. The number of halogens is 1. The molecule has 1 saturated heterocycles.